The molecule has 1 saturated carbocycles. The van der Waals surface area contributed by atoms with Crippen molar-refractivity contribution < 1.29 is 9.18 Å². The van der Waals surface area contributed by atoms with Gasteiger partial charge in [-0.25, -0.2) is 4.39 Å². The Morgan fingerprint density at radius 1 is 1.16 bits per heavy atom. The van der Waals surface area contributed by atoms with E-state index in [9.17, 15) is 9.18 Å². The molecule has 1 aromatic carbocycles. The predicted octanol–water partition coefficient (Wildman–Crippen LogP) is 4.43. The summed E-state index contributed by atoms with van der Waals surface area (Å²) in [4.78, 5) is 12.1. The fourth-order valence-corrected chi connectivity index (χ4v) is 2.89. The molecule has 0 aliphatic heterocycles. The summed E-state index contributed by atoms with van der Waals surface area (Å²) in [6.07, 6.45) is 8.28. The van der Waals surface area contributed by atoms with Crippen molar-refractivity contribution in [3.05, 3.63) is 34.1 Å². The molecule has 4 heteroatoms. The van der Waals surface area contributed by atoms with Gasteiger partial charge < -0.3 is 5.32 Å². The van der Waals surface area contributed by atoms with E-state index in [1.54, 1.807) is 0 Å². The van der Waals surface area contributed by atoms with Crippen LogP contribution in [0, 0.1) is 5.82 Å². The van der Waals surface area contributed by atoms with Crippen LogP contribution in [0.2, 0.25) is 0 Å². The summed E-state index contributed by atoms with van der Waals surface area (Å²) in [6, 6.07) is 4.64. The lowest BCUT2D eigenvalue weighted by molar-refractivity contribution is 0.0930. The second-order valence-electron chi connectivity index (χ2n) is 5.14. The largest absolute Gasteiger partial charge is 0.349 e. The number of hydrogen-bond acceptors (Lipinski definition) is 1. The standard InChI is InChI=1S/C15H19BrFNO/c16-13-10-11(8-9-14(13)17)15(19)18-12-6-4-2-1-3-5-7-12/h8-10,12H,1-7H2,(H,18,19). The van der Waals surface area contributed by atoms with Gasteiger partial charge in [-0.15, -0.1) is 0 Å². The van der Waals surface area contributed by atoms with Crippen molar-refractivity contribution >= 4 is 21.8 Å². The molecule has 0 saturated heterocycles. The number of hydrogen-bond donors (Lipinski definition) is 1. The van der Waals surface area contributed by atoms with Gasteiger partial charge in [-0.2, -0.15) is 0 Å². The summed E-state index contributed by atoms with van der Waals surface area (Å²) in [5.74, 6) is -0.450. The van der Waals surface area contributed by atoms with E-state index in [2.05, 4.69) is 21.2 Å². The van der Waals surface area contributed by atoms with Crippen LogP contribution in [-0.2, 0) is 0 Å². The second kappa shape index (κ2) is 7.04. The second-order valence-corrected chi connectivity index (χ2v) is 6.00. The molecule has 0 heterocycles. The zero-order valence-electron chi connectivity index (χ0n) is 10.9. The molecule has 0 spiro atoms. The van der Waals surface area contributed by atoms with Gasteiger partial charge in [0.2, 0.25) is 0 Å². The number of nitrogens with one attached hydrogen (secondary N) is 1. The van der Waals surface area contributed by atoms with E-state index in [1.807, 2.05) is 0 Å². The highest BCUT2D eigenvalue weighted by molar-refractivity contribution is 9.10. The number of amides is 1. The maximum absolute atomic E-state index is 13.1. The van der Waals surface area contributed by atoms with Crippen LogP contribution in [0.25, 0.3) is 0 Å². The van der Waals surface area contributed by atoms with Crippen molar-refractivity contribution in [2.75, 3.05) is 0 Å². The van der Waals surface area contributed by atoms with E-state index in [-0.39, 0.29) is 17.8 Å². The van der Waals surface area contributed by atoms with Gasteiger partial charge in [-0.1, -0.05) is 32.1 Å². The zero-order chi connectivity index (χ0) is 13.7. The number of carbonyl (C=O) groups excluding carboxylic acids is 1. The van der Waals surface area contributed by atoms with Crippen molar-refractivity contribution in [1.29, 1.82) is 0 Å². The van der Waals surface area contributed by atoms with E-state index >= 15 is 0 Å². The third-order valence-electron chi connectivity index (χ3n) is 3.62. The Labute approximate surface area is 121 Å². The first kappa shape index (κ1) is 14.5. The topological polar surface area (TPSA) is 29.1 Å². The summed E-state index contributed by atoms with van der Waals surface area (Å²) in [5.41, 5.74) is 0.510. The molecule has 2 rings (SSSR count). The highest BCUT2D eigenvalue weighted by Crippen LogP contribution is 2.19. The summed E-state index contributed by atoms with van der Waals surface area (Å²) in [7, 11) is 0. The van der Waals surface area contributed by atoms with E-state index in [0.29, 0.717) is 10.0 Å². The fraction of sp³-hybridized carbons (Fsp3) is 0.533. The molecule has 0 atom stereocenters. The summed E-state index contributed by atoms with van der Waals surface area (Å²) in [6.45, 7) is 0. The molecule has 0 radical (unpaired) electrons. The van der Waals surface area contributed by atoms with E-state index in [1.165, 1.54) is 50.3 Å². The van der Waals surface area contributed by atoms with Gasteiger partial charge in [0, 0.05) is 11.6 Å². The summed E-state index contributed by atoms with van der Waals surface area (Å²) >= 11 is 3.11. The molecule has 1 amide bonds. The minimum Gasteiger partial charge on any atom is -0.349 e. The molecule has 1 aromatic rings. The van der Waals surface area contributed by atoms with Gasteiger partial charge in [0.25, 0.3) is 5.91 Å². The van der Waals surface area contributed by atoms with Gasteiger partial charge in [-0.3, -0.25) is 4.79 Å². The lowest BCUT2D eigenvalue weighted by Crippen LogP contribution is -2.35. The van der Waals surface area contributed by atoms with Gasteiger partial charge in [0.05, 0.1) is 4.47 Å². The molecular weight excluding hydrogens is 309 g/mol. The van der Waals surface area contributed by atoms with Crippen molar-refractivity contribution in [1.82, 2.24) is 5.32 Å². The Morgan fingerprint density at radius 3 is 2.42 bits per heavy atom. The normalized spacial score (nSPS) is 17.6. The molecule has 104 valence electrons. The minimum absolute atomic E-state index is 0.105. The number of carbonyl (C=O) groups is 1. The number of benzene rings is 1. The quantitative estimate of drug-likeness (QED) is 0.855. The molecule has 0 bridgehead atoms. The molecule has 1 aliphatic carbocycles. The Balaban J connectivity index is 1.96. The predicted molar refractivity (Wildman–Crippen MR) is 77.7 cm³/mol. The summed E-state index contributed by atoms with van der Waals surface area (Å²) < 4.78 is 13.5. The average molecular weight is 328 g/mol. The van der Waals surface area contributed by atoms with Gasteiger partial charge in [-0.05, 0) is 47.0 Å². The maximum Gasteiger partial charge on any atom is 0.251 e. The van der Waals surface area contributed by atoms with Crippen molar-refractivity contribution in [3.8, 4) is 0 Å². The molecule has 19 heavy (non-hydrogen) atoms. The maximum atomic E-state index is 13.1. The van der Waals surface area contributed by atoms with Gasteiger partial charge in [0.15, 0.2) is 0 Å². The van der Waals surface area contributed by atoms with Crippen LogP contribution in [0.3, 0.4) is 0 Å². The first-order valence-corrected chi connectivity index (χ1v) is 7.72. The summed E-state index contributed by atoms with van der Waals surface area (Å²) in [5, 5.41) is 3.07. The number of halogens is 2. The van der Waals surface area contributed by atoms with Gasteiger partial charge >= 0.3 is 0 Å². The molecular formula is C15H19BrFNO. The van der Waals surface area contributed by atoms with Crippen LogP contribution in [0.5, 0.6) is 0 Å². The Morgan fingerprint density at radius 2 is 1.79 bits per heavy atom. The lowest BCUT2D eigenvalue weighted by atomic mass is 9.96. The number of rotatable bonds is 2. The van der Waals surface area contributed by atoms with Crippen LogP contribution in [0.4, 0.5) is 4.39 Å². The monoisotopic (exact) mass is 327 g/mol. The molecule has 1 fully saturated rings. The first-order chi connectivity index (χ1) is 9.16. The van der Waals surface area contributed by atoms with E-state index < -0.39 is 0 Å². The molecule has 2 nitrogen and oxygen atoms in total. The van der Waals surface area contributed by atoms with E-state index in [0.717, 1.165) is 12.8 Å². The highest BCUT2D eigenvalue weighted by atomic mass is 79.9. The van der Waals surface area contributed by atoms with Crippen molar-refractivity contribution in [2.45, 2.75) is 51.0 Å². The van der Waals surface area contributed by atoms with Crippen LogP contribution in [-0.4, -0.2) is 11.9 Å². The van der Waals surface area contributed by atoms with Crippen LogP contribution >= 0.6 is 15.9 Å². The molecule has 0 aromatic heterocycles. The van der Waals surface area contributed by atoms with Gasteiger partial charge in [0.1, 0.15) is 5.82 Å². The fourth-order valence-electron chi connectivity index (χ4n) is 2.51. The highest BCUT2D eigenvalue weighted by Gasteiger charge is 2.15. The lowest BCUT2D eigenvalue weighted by Gasteiger charge is -2.21. The van der Waals surface area contributed by atoms with Crippen LogP contribution < -0.4 is 5.32 Å². The van der Waals surface area contributed by atoms with Crippen molar-refractivity contribution in [2.24, 2.45) is 0 Å². The molecule has 0 unspecified atom stereocenters. The smallest absolute Gasteiger partial charge is 0.251 e. The van der Waals surface area contributed by atoms with E-state index in [4.69, 9.17) is 0 Å². The third kappa shape index (κ3) is 4.30. The Kier molecular flexibility index (Phi) is 5.37. The Hall–Kier alpha value is -0.900. The first-order valence-electron chi connectivity index (χ1n) is 6.93. The van der Waals surface area contributed by atoms with Crippen LogP contribution in [0.1, 0.15) is 55.3 Å². The zero-order valence-corrected chi connectivity index (χ0v) is 12.5. The molecule has 1 aliphatic rings. The third-order valence-corrected chi connectivity index (χ3v) is 4.23. The average Bonchev–Trinajstić information content (AvgIpc) is 2.35. The van der Waals surface area contributed by atoms with Crippen molar-refractivity contribution in [3.63, 3.8) is 0 Å². The molecule has 1 N–H and O–H groups in total. The SMILES string of the molecule is O=C(NC1CCCCCCC1)c1ccc(F)c(Br)c1. The Bertz CT molecular complexity index is 442. The minimum atomic E-state index is -0.345. The van der Waals surface area contributed by atoms with Crippen LogP contribution in [0.15, 0.2) is 22.7 Å².